The molecule has 0 bridgehead atoms. The molecule has 0 aromatic heterocycles. The van der Waals surface area contributed by atoms with E-state index in [1.807, 2.05) is 6.92 Å². The van der Waals surface area contributed by atoms with Crippen LogP contribution in [0, 0.1) is 0 Å². The molecule has 0 amide bonds. The molecule has 0 saturated carbocycles. The molecule has 0 aromatic rings. The van der Waals surface area contributed by atoms with Crippen molar-refractivity contribution in [3.05, 3.63) is 36.8 Å². The van der Waals surface area contributed by atoms with Gasteiger partial charge >= 0.3 is 0 Å². The van der Waals surface area contributed by atoms with Crippen LogP contribution in [0.5, 0.6) is 0 Å². The maximum atomic E-state index is 13.2. The number of hydrogen-bond acceptors (Lipinski definition) is 3. The first kappa shape index (κ1) is 14.6. The maximum Gasteiger partial charge on any atom is 0.194 e. The first-order valence-electron chi connectivity index (χ1n) is 5.00. The Kier molecular flexibility index (Phi) is 5.67. The molecule has 0 aromatic carbocycles. The largest absolute Gasteiger partial charge is 0.494 e. The Morgan fingerprint density at radius 1 is 1.62 bits per heavy atom. The number of alkyl halides is 1. The van der Waals surface area contributed by atoms with E-state index in [2.05, 4.69) is 18.2 Å². The van der Waals surface area contributed by atoms with Crippen molar-refractivity contribution in [1.29, 1.82) is 0 Å². The zero-order chi connectivity index (χ0) is 12.8. The summed E-state index contributed by atoms with van der Waals surface area (Å²) in [6.45, 7) is 12.4. The van der Waals surface area contributed by atoms with Crippen LogP contribution in [0.2, 0.25) is 0 Å². The van der Waals surface area contributed by atoms with Crippen LogP contribution in [0.4, 0.5) is 4.39 Å². The van der Waals surface area contributed by atoms with Crippen LogP contribution in [0.1, 0.15) is 20.8 Å². The van der Waals surface area contributed by atoms with Gasteiger partial charge in [-0.15, -0.1) is 0 Å². The van der Waals surface area contributed by atoms with Crippen molar-refractivity contribution >= 4 is 5.71 Å². The van der Waals surface area contributed by atoms with Crippen LogP contribution in [0.15, 0.2) is 41.8 Å². The Balaban J connectivity index is 4.86. The Morgan fingerprint density at radius 2 is 2.19 bits per heavy atom. The minimum atomic E-state index is -1.92. The van der Waals surface area contributed by atoms with E-state index in [4.69, 9.17) is 10.5 Å². The van der Waals surface area contributed by atoms with Gasteiger partial charge in [0.1, 0.15) is 5.76 Å². The Bertz CT molecular complexity index is 324. The van der Waals surface area contributed by atoms with Crippen LogP contribution >= 0.6 is 0 Å². The molecule has 0 spiro atoms. The van der Waals surface area contributed by atoms with Gasteiger partial charge in [0.2, 0.25) is 0 Å². The molecule has 2 N–H and O–H groups in total. The molecule has 0 saturated heterocycles. The van der Waals surface area contributed by atoms with Crippen LogP contribution in [0.25, 0.3) is 0 Å². The third-order valence-electron chi connectivity index (χ3n) is 1.97. The van der Waals surface area contributed by atoms with Gasteiger partial charge in [0.15, 0.2) is 5.79 Å². The number of hydrogen-bond donors (Lipinski definition) is 1. The van der Waals surface area contributed by atoms with E-state index in [1.54, 1.807) is 6.08 Å². The smallest absolute Gasteiger partial charge is 0.194 e. The van der Waals surface area contributed by atoms with E-state index < -0.39 is 5.79 Å². The van der Waals surface area contributed by atoms with E-state index >= 15 is 0 Å². The quantitative estimate of drug-likeness (QED) is 0.327. The van der Waals surface area contributed by atoms with E-state index in [0.29, 0.717) is 17.9 Å². The number of aliphatic imine (C=N–C) groups is 1. The molecule has 90 valence electrons. The van der Waals surface area contributed by atoms with Gasteiger partial charge in [-0.2, -0.15) is 0 Å². The van der Waals surface area contributed by atoms with Crippen molar-refractivity contribution in [2.75, 3.05) is 6.61 Å². The van der Waals surface area contributed by atoms with Gasteiger partial charge in [-0.1, -0.05) is 19.2 Å². The fraction of sp³-hybridized carbons (Fsp3) is 0.417. The second-order valence-electron chi connectivity index (χ2n) is 3.43. The minimum absolute atomic E-state index is 0.177. The predicted octanol–water partition coefficient (Wildman–Crippen LogP) is 2.71. The van der Waals surface area contributed by atoms with Crippen LogP contribution < -0.4 is 5.73 Å². The van der Waals surface area contributed by atoms with Gasteiger partial charge in [0.05, 0.1) is 12.3 Å². The SMILES string of the molecule is C=C/C(=C\N=C(C)C(C)(N)F)C(=C)OCC. The second kappa shape index (κ2) is 6.23. The van der Waals surface area contributed by atoms with Crippen molar-refractivity contribution < 1.29 is 9.13 Å². The molecular weight excluding hydrogens is 207 g/mol. The number of nitrogens with two attached hydrogens (primary N) is 1. The summed E-state index contributed by atoms with van der Waals surface area (Å²) in [5.74, 6) is -1.47. The molecule has 0 fully saturated rings. The van der Waals surface area contributed by atoms with Crippen LogP contribution in [-0.4, -0.2) is 18.1 Å². The first-order chi connectivity index (χ1) is 7.32. The molecule has 1 unspecified atom stereocenters. The molecule has 0 heterocycles. The van der Waals surface area contributed by atoms with Crippen molar-refractivity contribution in [1.82, 2.24) is 0 Å². The second-order valence-corrected chi connectivity index (χ2v) is 3.43. The van der Waals surface area contributed by atoms with Crippen molar-refractivity contribution in [2.45, 2.75) is 26.6 Å². The summed E-state index contributed by atoms with van der Waals surface area (Å²) in [5, 5.41) is 0. The Hall–Kier alpha value is -1.42. The van der Waals surface area contributed by atoms with E-state index in [1.165, 1.54) is 20.0 Å². The lowest BCUT2D eigenvalue weighted by Gasteiger charge is -2.13. The zero-order valence-corrected chi connectivity index (χ0v) is 10.1. The van der Waals surface area contributed by atoms with Gasteiger partial charge < -0.3 is 4.74 Å². The highest BCUT2D eigenvalue weighted by atomic mass is 19.1. The molecule has 3 nitrogen and oxygen atoms in total. The van der Waals surface area contributed by atoms with Crippen molar-refractivity contribution in [2.24, 2.45) is 10.7 Å². The summed E-state index contributed by atoms with van der Waals surface area (Å²) in [6, 6.07) is 0. The average Bonchev–Trinajstić information content (AvgIpc) is 2.17. The van der Waals surface area contributed by atoms with Gasteiger partial charge in [-0.3, -0.25) is 10.7 Å². The topological polar surface area (TPSA) is 47.6 Å². The number of allylic oxidation sites excluding steroid dienone is 1. The molecule has 1 atom stereocenters. The summed E-state index contributed by atoms with van der Waals surface area (Å²) < 4.78 is 18.4. The average molecular weight is 226 g/mol. The lowest BCUT2D eigenvalue weighted by atomic mass is 10.2. The minimum Gasteiger partial charge on any atom is -0.494 e. The van der Waals surface area contributed by atoms with Crippen molar-refractivity contribution in [3.8, 4) is 0 Å². The molecule has 0 aliphatic carbocycles. The normalized spacial score (nSPS) is 16.6. The third kappa shape index (κ3) is 4.89. The first-order valence-corrected chi connectivity index (χ1v) is 5.00. The highest BCUT2D eigenvalue weighted by molar-refractivity contribution is 5.89. The van der Waals surface area contributed by atoms with E-state index in [-0.39, 0.29) is 5.71 Å². The summed E-state index contributed by atoms with van der Waals surface area (Å²) in [5.41, 5.74) is 6.01. The third-order valence-corrected chi connectivity index (χ3v) is 1.97. The molecular formula is C12H19FN2O. The number of ether oxygens (including phenoxy) is 1. The summed E-state index contributed by atoms with van der Waals surface area (Å²) >= 11 is 0. The van der Waals surface area contributed by atoms with Crippen molar-refractivity contribution in [3.63, 3.8) is 0 Å². The lowest BCUT2D eigenvalue weighted by Crippen LogP contribution is -2.38. The van der Waals surface area contributed by atoms with Gasteiger partial charge in [-0.05, 0) is 20.8 Å². The number of halogens is 1. The van der Waals surface area contributed by atoms with Crippen LogP contribution in [-0.2, 0) is 4.74 Å². The van der Waals surface area contributed by atoms with Crippen LogP contribution in [0.3, 0.4) is 0 Å². The fourth-order valence-electron chi connectivity index (χ4n) is 0.789. The number of nitrogens with zero attached hydrogens (tertiary/aromatic N) is 1. The van der Waals surface area contributed by atoms with E-state index in [9.17, 15) is 4.39 Å². The summed E-state index contributed by atoms with van der Waals surface area (Å²) in [7, 11) is 0. The number of rotatable bonds is 6. The molecule has 0 aliphatic heterocycles. The summed E-state index contributed by atoms with van der Waals surface area (Å²) in [4.78, 5) is 3.91. The predicted molar refractivity (Wildman–Crippen MR) is 65.9 cm³/mol. The standard InChI is InChI=1S/C12H19FN2O/c1-6-11(9(3)16-7-2)8-15-10(4)12(5,13)14/h6,8H,1,3,7,14H2,2,4-5H3/b11-8+,15-10?. The Labute approximate surface area is 96.2 Å². The highest BCUT2D eigenvalue weighted by Gasteiger charge is 2.19. The molecule has 16 heavy (non-hydrogen) atoms. The van der Waals surface area contributed by atoms with Gasteiger partial charge in [0, 0.05) is 11.8 Å². The zero-order valence-electron chi connectivity index (χ0n) is 10.1. The lowest BCUT2D eigenvalue weighted by molar-refractivity contribution is 0.240. The summed E-state index contributed by atoms with van der Waals surface area (Å²) in [6.07, 6.45) is 2.98. The van der Waals surface area contributed by atoms with E-state index in [0.717, 1.165) is 0 Å². The highest BCUT2D eigenvalue weighted by Crippen LogP contribution is 2.12. The monoisotopic (exact) mass is 226 g/mol. The molecule has 0 radical (unpaired) electrons. The molecule has 0 rings (SSSR count). The fourth-order valence-corrected chi connectivity index (χ4v) is 0.789. The molecule has 4 heteroatoms. The van der Waals surface area contributed by atoms with Gasteiger partial charge in [0.25, 0.3) is 0 Å². The Morgan fingerprint density at radius 3 is 2.56 bits per heavy atom. The van der Waals surface area contributed by atoms with Gasteiger partial charge in [-0.25, -0.2) is 4.39 Å². The molecule has 0 aliphatic rings. The maximum absolute atomic E-state index is 13.2.